The third-order valence-corrected chi connectivity index (χ3v) is 0.327. The molecule has 6 heavy (non-hydrogen) atoms. The van der Waals surface area contributed by atoms with Crippen molar-refractivity contribution in [3.63, 3.8) is 0 Å². The number of ether oxygens (including phenoxy) is 1. The molecule has 1 N–H and O–H groups in total. The van der Waals surface area contributed by atoms with Crippen LogP contribution in [0.15, 0.2) is 0 Å². The van der Waals surface area contributed by atoms with Crippen molar-refractivity contribution >= 4 is 11.6 Å². The molecule has 2 nitrogen and oxygen atoms in total. The van der Waals surface area contributed by atoms with Gasteiger partial charge in [-0.25, -0.2) is 4.39 Å². The molecule has 0 aromatic carbocycles. The van der Waals surface area contributed by atoms with E-state index < -0.39 is 12.6 Å². The second-order valence-electron chi connectivity index (χ2n) is 0.568. The summed E-state index contributed by atoms with van der Waals surface area (Å²) in [4.78, 5) is 0. The molecule has 1 unspecified atom stereocenters. The Labute approximate surface area is 39.5 Å². The largest absolute Gasteiger partial charge is 0.356 e. The molecule has 0 aromatic heterocycles. The van der Waals surface area contributed by atoms with Crippen molar-refractivity contribution in [1.29, 1.82) is 0 Å². The molecule has 4 heteroatoms. The van der Waals surface area contributed by atoms with Gasteiger partial charge in [0.15, 0.2) is 6.86 Å². The lowest BCUT2D eigenvalue weighted by Crippen LogP contribution is -1.99. The summed E-state index contributed by atoms with van der Waals surface area (Å²) in [5.41, 5.74) is 0. The van der Waals surface area contributed by atoms with Gasteiger partial charge in [-0.05, 0) is 0 Å². The van der Waals surface area contributed by atoms with Gasteiger partial charge in [0, 0.05) is 0 Å². The van der Waals surface area contributed by atoms with Crippen LogP contribution in [0.2, 0.25) is 0 Å². The average Bonchev–Trinajstić information content (AvgIpc) is 1.35. The van der Waals surface area contributed by atoms with Gasteiger partial charge in [-0.3, -0.25) is 0 Å². The van der Waals surface area contributed by atoms with E-state index in [0.717, 1.165) is 0 Å². The molecule has 0 spiro atoms. The van der Waals surface area contributed by atoms with Crippen LogP contribution in [-0.4, -0.2) is 17.7 Å². The Bertz CT molecular complexity index is 32.7. The fourth-order valence-electron chi connectivity index (χ4n) is 0.0520. The van der Waals surface area contributed by atoms with Gasteiger partial charge in [-0.1, -0.05) is 11.6 Å². The maximum absolute atomic E-state index is 10.8. The summed E-state index contributed by atoms with van der Waals surface area (Å²) in [6.45, 7) is -1.05. The van der Waals surface area contributed by atoms with Gasteiger partial charge in [0.05, 0.1) is 0 Å². The summed E-state index contributed by atoms with van der Waals surface area (Å²) in [7, 11) is 0. The molecule has 0 amide bonds. The van der Waals surface area contributed by atoms with Crippen LogP contribution in [0.3, 0.4) is 0 Å². The smallest absolute Gasteiger partial charge is 0.236 e. The van der Waals surface area contributed by atoms with E-state index >= 15 is 0 Å². The number of rotatable bonds is 2. The van der Waals surface area contributed by atoms with E-state index in [-0.39, 0.29) is 0 Å². The van der Waals surface area contributed by atoms with Crippen molar-refractivity contribution < 1.29 is 14.2 Å². The van der Waals surface area contributed by atoms with Crippen molar-refractivity contribution in [2.75, 3.05) is 6.86 Å². The van der Waals surface area contributed by atoms with Gasteiger partial charge in [0.2, 0.25) is 5.75 Å². The molecular weight excluding hydrogens is 110 g/mol. The van der Waals surface area contributed by atoms with Gasteiger partial charge >= 0.3 is 0 Å². The predicted molar refractivity (Wildman–Crippen MR) is 18.9 cm³/mol. The molecule has 0 saturated carbocycles. The van der Waals surface area contributed by atoms with Crippen LogP contribution < -0.4 is 0 Å². The molecule has 1 atom stereocenters. The van der Waals surface area contributed by atoms with E-state index in [0.29, 0.717) is 0 Å². The zero-order valence-electron chi connectivity index (χ0n) is 2.90. The first-order valence-electron chi connectivity index (χ1n) is 1.27. The lowest BCUT2D eigenvalue weighted by atomic mass is 11.4. The maximum Gasteiger partial charge on any atom is 0.236 e. The summed E-state index contributed by atoms with van der Waals surface area (Å²) < 4.78 is 14.5. The number of halogens is 2. The summed E-state index contributed by atoms with van der Waals surface area (Å²) in [6, 6.07) is 0. The molecule has 0 aliphatic heterocycles. The Morgan fingerprint density at radius 1 is 2.00 bits per heavy atom. The minimum atomic E-state index is -1.50. The SMILES string of the molecule is OC(Cl)OCF. The molecule has 0 fully saturated rings. The second-order valence-corrected chi connectivity index (χ2v) is 0.941. The fourth-order valence-corrected chi connectivity index (χ4v) is 0.0996. The van der Waals surface area contributed by atoms with E-state index in [2.05, 4.69) is 16.3 Å². The molecule has 0 saturated heterocycles. The summed E-state index contributed by atoms with van der Waals surface area (Å²) >= 11 is 4.67. The van der Waals surface area contributed by atoms with Crippen molar-refractivity contribution in [2.45, 2.75) is 5.75 Å². The molecule has 0 rings (SSSR count). The minimum Gasteiger partial charge on any atom is -0.356 e. The molecule has 0 bridgehead atoms. The maximum atomic E-state index is 10.8. The highest BCUT2D eigenvalue weighted by atomic mass is 35.5. The highest BCUT2D eigenvalue weighted by Gasteiger charge is 1.90. The van der Waals surface area contributed by atoms with Crippen LogP contribution in [0.1, 0.15) is 0 Å². The Hall–Kier alpha value is 0.140. The van der Waals surface area contributed by atoms with Crippen LogP contribution in [0, 0.1) is 0 Å². The molecule has 0 aliphatic rings. The highest BCUT2D eigenvalue weighted by molar-refractivity contribution is 6.18. The highest BCUT2D eigenvalue weighted by Crippen LogP contribution is 1.89. The summed E-state index contributed by atoms with van der Waals surface area (Å²) in [6.07, 6.45) is 0. The average molecular weight is 115 g/mol. The van der Waals surface area contributed by atoms with Crippen LogP contribution in [-0.2, 0) is 4.74 Å². The predicted octanol–water partition coefficient (Wildman–Crippen LogP) is 0.445. The monoisotopic (exact) mass is 114 g/mol. The van der Waals surface area contributed by atoms with E-state index in [1.165, 1.54) is 0 Å². The lowest BCUT2D eigenvalue weighted by molar-refractivity contribution is -0.0740. The van der Waals surface area contributed by atoms with Crippen molar-refractivity contribution in [2.24, 2.45) is 0 Å². The Kier molecular flexibility index (Phi) is 3.41. The van der Waals surface area contributed by atoms with Crippen molar-refractivity contribution in [3.8, 4) is 0 Å². The number of aliphatic hydroxyl groups is 1. The Balaban J connectivity index is 2.63. The number of hydrogen-bond donors (Lipinski definition) is 1. The first-order chi connectivity index (χ1) is 2.77. The Morgan fingerprint density at radius 2 is 2.50 bits per heavy atom. The third kappa shape index (κ3) is 4.14. The topological polar surface area (TPSA) is 29.5 Å². The minimum absolute atomic E-state index is 1.05. The molecule has 0 heterocycles. The normalized spacial score (nSPS) is 14.5. The molecule has 38 valence electrons. The Morgan fingerprint density at radius 3 is 2.50 bits per heavy atom. The number of hydrogen-bond acceptors (Lipinski definition) is 2. The van der Waals surface area contributed by atoms with Gasteiger partial charge < -0.3 is 9.84 Å². The quantitative estimate of drug-likeness (QED) is 0.417. The second kappa shape index (κ2) is 3.33. The van der Waals surface area contributed by atoms with Gasteiger partial charge in [-0.2, -0.15) is 0 Å². The standard InChI is InChI=1S/C2H4ClFO2/c3-2(5)6-1-4/h2,5H,1H2. The molecule has 0 aliphatic carbocycles. The summed E-state index contributed by atoms with van der Waals surface area (Å²) in [5.74, 6) is -1.50. The first-order valence-corrected chi connectivity index (χ1v) is 1.70. The molecule has 0 aromatic rings. The van der Waals surface area contributed by atoms with Crippen molar-refractivity contribution in [1.82, 2.24) is 0 Å². The van der Waals surface area contributed by atoms with Crippen LogP contribution in [0.4, 0.5) is 4.39 Å². The lowest BCUT2D eigenvalue weighted by Gasteiger charge is -1.94. The van der Waals surface area contributed by atoms with Gasteiger partial charge in [-0.15, -0.1) is 0 Å². The zero-order valence-corrected chi connectivity index (χ0v) is 3.65. The molecule has 0 radical (unpaired) electrons. The number of aliphatic hydroxyl groups excluding tert-OH is 1. The third-order valence-electron chi connectivity index (χ3n) is 0.201. The first kappa shape index (κ1) is 6.14. The molecular formula is C2H4ClFO2. The fraction of sp³-hybridized carbons (Fsp3) is 1.00. The van der Waals surface area contributed by atoms with Crippen molar-refractivity contribution in [3.05, 3.63) is 0 Å². The van der Waals surface area contributed by atoms with Crippen LogP contribution in [0.5, 0.6) is 0 Å². The van der Waals surface area contributed by atoms with E-state index in [4.69, 9.17) is 5.11 Å². The van der Waals surface area contributed by atoms with Gasteiger partial charge in [0.1, 0.15) is 0 Å². The van der Waals surface area contributed by atoms with E-state index in [1.807, 2.05) is 0 Å². The van der Waals surface area contributed by atoms with Gasteiger partial charge in [0.25, 0.3) is 0 Å². The zero-order chi connectivity index (χ0) is 4.99. The van der Waals surface area contributed by atoms with Crippen LogP contribution >= 0.6 is 11.6 Å². The summed E-state index contributed by atoms with van der Waals surface area (Å²) in [5, 5.41) is 7.86. The van der Waals surface area contributed by atoms with E-state index in [9.17, 15) is 4.39 Å². The van der Waals surface area contributed by atoms with Crippen LogP contribution in [0.25, 0.3) is 0 Å². The van der Waals surface area contributed by atoms with E-state index in [1.54, 1.807) is 0 Å². The number of alkyl halides is 2.